The molecule has 0 atom stereocenters. The Morgan fingerprint density at radius 2 is 1.88 bits per heavy atom. The lowest BCUT2D eigenvalue weighted by Gasteiger charge is -2.02. The molecule has 0 aromatic heterocycles. The summed E-state index contributed by atoms with van der Waals surface area (Å²) in [6.07, 6.45) is 2.29. The van der Waals surface area contributed by atoms with Gasteiger partial charge in [0.25, 0.3) is 0 Å². The number of hydrogen-bond donors (Lipinski definition) is 4. The summed E-state index contributed by atoms with van der Waals surface area (Å²) in [5.74, 6) is 0.389. The van der Waals surface area contributed by atoms with E-state index in [1.807, 2.05) is 20.9 Å². The molecular formula is C16H33N3O4S. The van der Waals surface area contributed by atoms with Gasteiger partial charge >= 0.3 is 0 Å². The van der Waals surface area contributed by atoms with Crippen molar-refractivity contribution in [3.05, 3.63) is 12.2 Å². The van der Waals surface area contributed by atoms with Gasteiger partial charge in [0.05, 0.1) is 5.75 Å². The van der Waals surface area contributed by atoms with Crippen molar-refractivity contribution in [3.63, 3.8) is 0 Å². The smallest absolute Gasteiger partial charge is 0.230 e. The normalized spacial score (nSPS) is 8.83. The third kappa shape index (κ3) is 42.8. The minimum atomic E-state index is -0.432. The second-order valence-electron chi connectivity index (χ2n) is 4.96. The first kappa shape index (κ1) is 27.5. The Labute approximate surface area is 149 Å². The number of hydrogen-bond acceptors (Lipinski definition) is 6. The standard InChI is InChI=1S/C8H14N2O3S.C4H11NO.C4H8/c9-7(12)2-3-10-8(13)6-14-5-1-4-11;1-5-3-2-4-6;1-4(2)3/h4H,1-3,5-6H2,(H2,9,12)(H,10,13);5-6H,2-4H2,1H3;1H2,2-3H3. The number of aliphatic hydroxyl groups is 1. The lowest BCUT2D eigenvalue weighted by Crippen LogP contribution is -2.29. The SMILES string of the molecule is C=C(C)C.CNCCCO.NC(=O)CCNC(=O)CSCCC=O. The van der Waals surface area contributed by atoms with Gasteiger partial charge in [-0.1, -0.05) is 5.57 Å². The van der Waals surface area contributed by atoms with Crippen LogP contribution in [0, 0.1) is 0 Å². The highest BCUT2D eigenvalue weighted by atomic mass is 32.2. The first-order chi connectivity index (χ1) is 11.3. The molecule has 0 aromatic carbocycles. The van der Waals surface area contributed by atoms with E-state index < -0.39 is 5.91 Å². The highest BCUT2D eigenvalue weighted by molar-refractivity contribution is 7.99. The van der Waals surface area contributed by atoms with E-state index in [-0.39, 0.29) is 18.9 Å². The summed E-state index contributed by atoms with van der Waals surface area (Å²) < 4.78 is 0. The van der Waals surface area contributed by atoms with Gasteiger partial charge in [0.2, 0.25) is 11.8 Å². The van der Waals surface area contributed by atoms with Crippen LogP contribution in [0.5, 0.6) is 0 Å². The molecule has 0 aliphatic rings. The van der Waals surface area contributed by atoms with E-state index in [2.05, 4.69) is 17.2 Å². The molecule has 7 nitrogen and oxygen atoms in total. The molecule has 0 heterocycles. The molecule has 0 aromatic rings. The van der Waals surface area contributed by atoms with E-state index in [0.717, 1.165) is 19.3 Å². The van der Waals surface area contributed by atoms with Crippen molar-refractivity contribution in [1.82, 2.24) is 10.6 Å². The Balaban J connectivity index is -0.000000363. The number of nitrogens with one attached hydrogen (secondary N) is 2. The average molecular weight is 364 g/mol. The molecule has 0 radical (unpaired) electrons. The van der Waals surface area contributed by atoms with Crippen molar-refractivity contribution < 1.29 is 19.5 Å². The van der Waals surface area contributed by atoms with Crippen molar-refractivity contribution in [3.8, 4) is 0 Å². The zero-order chi connectivity index (χ0) is 19.2. The Morgan fingerprint density at radius 1 is 1.29 bits per heavy atom. The number of carbonyl (C=O) groups is 3. The largest absolute Gasteiger partial charge is 0.396 e. The van der Waals surface area contributed by atoms with E-state index in [0.29, 0.717) is 24.5 Å². The van der Waals surface area contributed by atoms with Gasteiger partial charge in [-0.2, -0.15) is 11.8 Å². The Kier molecular flexibility index (Phi) is 27.3. The van der Waals surface area contributed by atoms with Crippen LogP contribution in [0.25, 0.3) is 0 Å². The van der Waals surface area contributed by atoms with Gasteiger partial charge < -0.3 is 26.3 Å². The minimum absolute atomic E-state index is 0.137. The topological polar surface area (TPSA) is 122 Å². The molecule has 2 amide bonds. The third-order valence-corrected chi connectivity index (χ3v) is 2.88. The summed E-state index contributed by atoms with van der Waals surface area (Å²) in [5, 5.41) is 13.6. The Bertz CT molecular complexity index is 331. The quantitative estimate of drug-likeness (QED) is 0.240. The molecule has 0 unspecified atom stereocenters. The predicted octanol–water partition coefficient (Wildman–Crippen LogP) is 0.471. The van der Waals surface area contributed by atoms with E-state index in [4.69, 9.17) is 10.8 Å². The fourth-order valence-electron chi connectivity index (χ4n) is 0.928. The van der Waals surface area contributed by atoms with Gasteiger partial charge in [-0.3, -0.25) is 9.59 Å². The van der Waals surface area contributed by atoms with Crippen LogP contribution in [-0.4, -0.2) is 61.5 Å². The van der Waals surface area contributed by atoms with Crippen LogP contribution in [-0.2, 0) is 14.4 Å². The number of aliphatic hydroxyl groups excluding tert-OH is 1. The van der Waals surface area contributed by atoms with Gasteiger partial charge in [-0.25, -0.2) is 0 Å². The van der Waals surface area contributed by atoms with Crippen LogP contribution in [0.2, 0.25) is 0 Å². The molecule has 8 heteroatoms. The fourth-order valence-corrected chi connectivity index (χ4v) is 1.62. The van der Waals surface area contributed by atoms with Crippen molar-refractivity contribution in [2.75, 3.05) is 38.2 Å². The lowest BCUT2D eigenvalue weighted by molar-refractivity contribution is -0.119. The first-order valence-corrected chi connectivity index (χ1v) is 8.91. The maximum absolute atomic E-state index is 11.0. The molecule has 0 rings (SSSR count). The molecular weight excluding hydrogens is 330 g/mol. The second-order valence-corrected chi connectivity index (χ2v) is 6.07. The monoisotopic (exact) mass is 363 g/mol. The zero-order valence-corrected chi connectivity index (χ0v) is 15.9. The Morgan fingerprint density at radius 3 is 2.25 bits per heavy atom. The zero-order valence-electron chi connectivity index (χ0n) is 15.1. The van der Waals surface area contributed by atoms with Crippen LogP contribution in [0.4, 0.5) is 0 Å². The van der Waals surface area contributed by atoms with E-state index in [1.54, 1.807) is 0 Å². The number of amides is 2. The maximum Gasteiger partial charge on any atom is 0.230 e. The maximum atomic E-state index is 11.0. The Hall–Kier alpha value is -1.38. The molecule has 0 saturated heterocycles. The second kappa shape index (κ2) is 23.9. The van der Waals surface area contributed by atoms with E-state index in [9.17, 15) is 14.4 Å². The summed E-state index contributed by atoms with van der Waals surface area (Å²) in [6.45, 7) is 8.99. The molecule has 0 bridgehead atoms. The number of allylic oxidation sites excluding steroid dienone is 1. The highest BCUT2D eigenvalue weighted by Crippen LogP contribution is 1.99. The summed E-state index contributed by atoms with van der Waals surface area (Å²) in [6, 6.07) is 0. The van der Waals surface area contributed by atoms with Gasteiger partial charge in [-0.05, 0) is 33.9 Å². The number of rotatable bonds is 11. The highest BCUT2D eigenvalue weighted by Gasteiger charge is 2.01. The van der Waals surface area contributed by atoms with Crippen molar-refractivity contribution in [1.29, 1.82) is 0 Å². The third-order valence-electron chi connectivity index (χ3n) is 1.89. The number of primary amides is 1. The van der Waals surface area contributed by atoms with Gasteiger partial charge in [0.1, 0.15) is 6.29 Å². The molecule has 0 aliphatic heterocycles. The molecule has 0 spiro atoms. The van der Waals surface area contributed by atoms with Gasteiger partial charge in [0.15, 0.2) is 0 Å². The number of thioether (sulfide) groups is 1. The number of carbonyl (C=O) groups excluding carboxylic acids is 3. The molecule has 5 N–H and O–H groups in total. The lowest BCUT2D eigenvalue weighted by atomic mass is 10.4. The minimum Gasteiger partial charge on any atom is -0.396 e. The first-order valence-electron chi connectivity index (χ1n) is 7.75. The van der Waals surface area contributed by atoms with Crippen molar-refractivity contribution in [2.45, 2.75) is 33.1 Å². The molecule has 0 fully saturated rings. The molecule has 0 saturated carbocycles. The summed E-state index contributed by atoms with van der Waals surface area (Å²) >= 11 is 1.39. The average Bonchev–Trinajstić information content (AvgIpc) is 2.49. The van der Waals surface area contributed by atoms with E-state index in [1.165, 1.54) is 17.3 Å². The van der Waals surface area contributed by atoms with Gasteiger partial charge in [0, 0.05) is 31.7 Å². The predicted molar refractivity (Wildman–Crippen MR) is 101 cm³/mol. The van der Waals surface area contributed by atoms with Crippen LogP contribution in [0.1, 0.15) is 33.1 Å². The molecule has 142 valence electrons. The summed E-state index contributed by atoms with van der Waals surface area (Å²) in [4.78, 5) is 31.3. The van der Waals surface area contributed by atoms with Gasteiger partial charge in [-0.15, -0.1) is 6.58 Å². The summed E-state index contributed by atoms with van der Waals surface area (Å²) in [7, 11) is 1.87. The summed E-state index contributed by atoms with van der Waals surface area (Å²) in [5.41, 5.74) is 6.05. The molecule has 0 aliphatic carbocycles. The van der Waals surface area contributed by atoms with Crippen LogP contribution in [0.3, 0.4) is 0 Å². The molecule has 24 heavy (non-hydrogen) atoms. The van der Waals surface area contributed by atoms with Crippen molar-refractivity contribution >= 4 is 29.9 Å². The number of aldehydes is 1. The van der Waals surface area contributed by atoms with Crippen LogP contribution >= 0.6 is 11.8 Å². The fraction of sp³-hybridized carbons (Fsp3) is 0.688. The van der Waals surface area contributed by atoms with E-state index >= 15 is 0 Å². The number of nitrogens with two attached hydrogens (primary N) is 1. The van der Waals surface area contributed by atoms with Crippen LogP contribution in [0.15, 0.2) is 12.2 Å². The van der Waals surface area contributed by atoms with Crippen molar-refractivity contribution in [2.24, 2.45) is 5.73 Å². The van der Waals surface area contributed by atoms with Crippen LogP contribution < -0.4 is 16.4 Å².